The SMILES string of the molecule is CC(CO)C1CCCCC1=O. The Labute approximate surface area is 67.6 Å². The summed E-state index contributed by atoms with van der Waals surface area (Å²) in [6.45, 7) is 2.10. The molecule has 0 aromatic rings. The Morgan fingerprint density at radius 3 is 2.91 bits per heavy atom. The largest absolute Gasteiger partial charge is 0.396 e. The summed E-state index contributed by atoms with van der Waals surface area (Å²) in [6.07, 6.45) is 3.92. The van der Waals surface area contributed by atoms with Crippen molar-refractivity contribution in [1.29, 1.82) is 0 Å². The molecular weight excluding hydrogens is 140 g/mol. The van der Waals surface area contributed by atoms with Crippen LogP contribution in [0.25, 0.3) is 0 Å². The third-order valence-electron chi connectivity index (χ3n) is 2.58. The van der Waals surface area contributed by atoms with Crippen molar-refractivity contribution in [2.24, 2.45) is 11.8 Å². The quantitative estimate of drug-likeness (QED) is 0.655. The Morgan fingerprint density at radius 1 is 1.64 bits per heavy atom. The Morgan fingerprint density at radius 2 is 2.36 bits per heavy atom. The average Bonchev–Trinajstić information content (AvgIpc) is 2.04. The predicted molar refractivity (Wildman–Crippen MR) is 43.2 cm³/mol. The second-order valence-corrected chi connectivity index (χ2v) is 3.48. The van der Waals surface area contributed by atoms with Gasteiger partial charge in [0.25, 0.3) is 0 Å². The van der Waals surface area contributed by atoms with Gasteiger partial charge in [-0.15, -0.1) is 0 Å². The standard InChI is InChI=1S/C9H16O2/c1-7(6-10)8-4-2-3-5-9(8)11/h7-8,10H,2-6H2,1H3. The summed E-state index contributed by atoms with van der Waals surface area (Å²) in [5.74, 6) is 0.675. The number of aliphatic hydroxyl groups is 1. The van der Waals surface area contributed by atoms with Crippen LogP contribution in [0.5, 0.6) is 0 Å². The molecule has 1 aliphatic rings. The van der Waals surface area contributed by atoms with Crippen molar-refractivity contribution < 1.29 is 9.90 Å². The zero-order chi connectivity index (χ0) is 8.27. The molecule has 0 radical (unpaired) electrons. The van der Waals surface area contributed by atoms with Gasteiger partial charge in [-0.3, -0.25) is 4.79 Å². The molecule has 11 heavy (non-hydrogen) atoms. The summed E-state index contributed by atoms with van der Waals surface area (Å²) >= 11 is 0. The third-order valence-corrected chi connectivity index (χ3v) is 2.58. The molecule has 0 aromatic carbocycles. The Bertz CT molecular complexity index is 142. The maximum Gasteiger partial charge on any atom is 0.136 e. The van der Waals surface area contributed by atoms with Gasteiger partial charge < -0.3 is 5.11 Å². The highest BCUT2D eigenvalue weighted by molar-refractivity contribution is 5.81. The molecule has 1 fully saturated rings. The second kappa shape index (κ2) is 3.86. The van der Waals surface area contributed by atoms with Crippen molar-refractivity contribution in [2.75, 3.05) is 6.61 Å². The van der Waals surface area contributed by atoms with E-state index in [1.54, 1.807) is 0 Å². The molecule has 2 unspecified atom stereocenters. The molecule has 1 N–H and O–H groups in total. The molecule has 0 bridgehead atoms. The van der Waals surface area contributed by atoms with Gasteiger partial charge in [-0.05, 0) is 18.8 Å². The van der Waals surface area contributed by atoms with E-state index in [1.165, 1.54) is 0 Å². The zero-order valence-corrected chi connectivity index (χ0v) is 7.05. The van der Waals surface area contributed by atoms with E-state index >= 15 is 0 Å². The molecule has 64 valence electrons. The van der Waals surface area contributed by atoms with Crippen LogP contribution in [0.15, 0.2) is 0 Å². The van der Waals surface area contributed by atoms with Gasteiger partial charge in [-0.2, -0.15) is 0 Å². The molecular formula is C9H16O2. The van der Waals surface area contributed by atoms with Gasteiger partial charge in [0.05, 0.1) is 0 Å². The number of carbonyl (C=O) groups is 1. The van der Waals surface area contributed by atoms with E-state index in [9.17, 15) is 4.79 Å². The first-order valence-corrected chi connectivity index (χ1v) is 4.39. The fourth-order valence-electron chi connectivity index (χ4n) is 1.74. The third kappa shape index (κ3) is 2.03. The molecule has 0 spiro atoms. The maximum atomic E-state index is 11.3. The lowest BCUT2D eigenvalue weighted by Crippen LogP contribution is -2.27. The van der Waals surface area contributed by atoms with Gasteiger partial charge in [0, 0.05) is 18.9 Å². The van der Waals surface area contributed by atoms with Crippen LogP contribution in [-0.4, -0.2) is 17.5 Å². The van der Waals surface area contributed by atoms with E-state index in [-0.39, 0.29) is 18.4 Å². The van der Waals surface area contributed by atoms with E-state index in [2.05, 4.69) is 0 Å². The van der Waals surface area contributed by atoms with Crippen LogP contribution in [0.2, 0.25) is 0 Å². The minimum atomic E-state index is 0.147. The number of ketones is 1. The molecule has 2 heteroatoms. The van der Waals surface area contributed by atoms with Gasteiger partial charge in [-0.25, -0.2) is 0 Å². The summed E-state index contributed by atoms with van der Waals surface area (Å²) in [4.78, 5) is 11.3. The lowest BCUT2D eigenvalue weighted by Gasteiger charge is -2.24. The van der Waals surface area contributed by atoms with Gasteiger partial charge in [-0.1, -0.05) is 13.3 Å². The molecule has 1 rings (SSSR count). The Balaban J connectivity index is 2.47. The average molecular weight is 156 g/mol. The van der Waals surface area contributed by atoms with Crippen LogP contribution in [-0.2, 0) is 4.79 Å². The first-order chi connectivity index (χ1) is 5.25. The van der Waals surface area contributed by atoms with Crippen molar-refractivity contribution in [3.8, 4) is 0 Å². The van der Waals surface area contributed by atoms with Crippen LogP contribution in [0.4, 0.5) is 0 Å². The van der Waals surface area contributed by atoms with E-state index < -0.39 is 0 Å². The van der Waals surface area contributed by atoms with Crippen LogP contribution in [0.1, 0.15) is 32.6 Å². The zero-order valence-electron chi connectivity index (χ0n) is 7.05. The molecule has 0 aromatic heterocycles. The van der Waals surface area contributed by atoms with Crippen molar-refractivity contribution in [3.63, 3.8) is 0 Å². The first-order valence-electron chi connectivity index (χ1n) is 4.39. The Kier molecular flexibility index (Phi) is 3.06. The number of aliphatic hydroxyl groups excluding tert-OH is 1. The summed E-state index contributed by atoms with van der Waals surface area (Å²) < 4.78 is 0. The van der Waals surface area contributed by atoms with Gasteiger partial charge in [0.1, 0.15) is 5.78 Å². The summed E-state index contributed by atoms with van der Waals surface area (Å²) in [5.41, 5.74) is 0. The normalized spacial score (nSPS) is 28.5. The summed E-state index contributed by atoms with van der Waals surface area (Å²) in [7, 11) is 0. The maximum absolute atomic E-state index is 11.3. The van der Waals surface area contributed by atoms with Crippen molar-refractivity contribution in [2.45, 2.75) is 32.6 Å². The molecule has 0 aliphatic heterocycles. The molecule has 0 saturated heterocycles. The number of Topliss-reactive ketones (excluding diaryl/α,β-unsaturated/α-hetero) is 1. The lowest BCUT2D eigenvalue weighted by atomic mass is 9.80. The highest BCUT2D eigenvalue weighted by Gasteiger charge is 2.26. The van der Waals surface area contributed by atoms with Gasteiger partial charge in [0.2, 0.25) is 0 Å². The molecule has 0 amide bonds. The highest BCUT2D eigenvalue weighted by Crippen LogP contribution is 2.26. The smallest absolute Gasteiger partial charge is 0.136 e. The minimum Gasteiger partial charge on any atom is -0.396 e. The highest BCUT2D eigenvalue weighted by atomic mass is 16.3. The molecule has 2 atom stereocenters. The monoisotopic (exact) mass is 156 g/mol. The molecule has 1 saturated carbocycles. The summed E-state index contributed by atoms with van der Waals surface area (Å²) in [6, 6.07) is 0. The van der Waals surface area contributed by atoms with Crippen LogP contribution in [0.3, 0.4) is 0 Å². The number of rotatable bonds is 2. The predicted octanol–water partition coefficient (Wildman–Crippen LogP) is 1.37. The van der Waals surface area contributed by atoms with E-state index in [1.807, 2.05) is 6.92 Å². The fourth-order valence-corrected chi connectivity index (χ4v) is 1.74. The molecule has 0 heterocycles. The van der Waals surface area contributed by atoms with Crippen molar-refractivity contribution in [3.05, 3.63) is 0 Å². The van der Waals surface area contributed by atoms with Gasteiger partial charge in [0.15, 0.2) is 0 Å². The topological polar surface area (TPSA) is 37.3 Å². The second-order valence-electron chi connectivity index (χ2n) is 3.48. The fraction of sp³-hybridized carbons (Fsp3) is 0.889. The van der Waals surface area contributed by atoms with Crippen LogP contribution < -0.4 is 0 Å². The van der Waals surface area contributed by atoms with E-state index in [4.69, 9.17) is 5.11 Å². The number of hydrogen-bond acceptors (Lipinski definition) is 2. The van der Waals surface area contributed by atoms with Crippen LogP contribution in [0, 0.1) is 11.8 Å². The van der Waals surface area contributed by atoms with Crippen molar-refractivity contribution in [1.82, 2.24) is 0 Å². The van der Waals surface area contributed by atoms with Gasteiger partial charge >= 0.3 is 0 Å². The van der Waals surface area contributed by atoms with E-state index in [0.29, 0.717) is 5.78 Å². The number of hydrogen-bond donors (Lipinski definition) is 1. The first kappa shape index (κ1) is 8.72. The number of carbonyl (C=O) groups excluding carboxylic acids is 1. The molecule has 2 nitrogen and oxygen atoms in total. The minimum absolute atomic E-state index is 0.147. The van der Waals surface area contributed by atoms with E-state index in [0.717, 1.165) is 25.7 Å². The van der Waals surface area contributed by atoms with Crippen LogP contribution >= 0.6 is 0 Å². The molecule has 1 aliphatic carbocycles. The summed E-state index contributed by atoms with van der Waals surface area (Å²) in [5, 5.41) is 8.85. The van der Waals surface area contributed by atoms with Crippen molar-refractivity contribution >= 4 is 5.78 Å². The Hall–Kier alpha value is -0.370. The lowest BCUT2D eigenvalue weighted by molar-refractivity contribution is -0.126.